The van der Waals surface area contributed by atoms with E-state index in [2.05, 4.69) is 33.7 Å². The monoisotopic (exact) mass is 649 g/mol. The number of furan rings is 3. The summed E-state index contributed by atoms with van der Waals surface area (Å²) in [5.41, 5.74) is 2.14. The van der Waals surface area contributed by atoms with Crippen LogP contribution in [0.4, 0.5) is 11.6 Å². The van der Waals surface area contributed by atoms with Crippen LogP contribution in [0.5, 0.6) is 11.5 Å². The summed E-state index contributed by atoms with van der Waals surface area (Å²) in [4.78, 5) is 14.9. The number of nitro groups is 1. The Labute approximate surface area is 241 Å². The minimum atomic E-state index is -0.445. The highest BCUT2D eigenvalue weighted by Crippen LogP contribution is 2.43. The van der Waals surface area contributed by atoms with E-state index in [0.29, 0.717) is 46.5 Å². The van der Waals surface area contributed by atoms with Crippen molar-refractivity contribution in [2.24, 2.45) is 4.99 Å². The first-order chi connectivity index (χ1) is 19.5. The van der Waals surface area contributed by atoms with Crippen LogP contribution in [0.3, 0.4) is 0 Å². The lowest BCUT2D eigenvalue weighted by atomic mass is 10.1. The Balaban J connectivity index is 1.45. The van der Waals surface area contributed by atoms with E-state index in [0.717, 1.165) is 9.13 Å². The van der Waals surface area contributed by atoms with Crippen molar-refractivity contribution in [1.29, 1.82) is 5.26 Å². The normalized spacial score (nSPS) is 11.0. The topological polar surface area (TPSA) is 137 Å². The van der Waals surface area contributed by atoms with Gasteiger partial charge in [-0.2, -0.15) is 5.26 Å². The maximum absolute atomic E-state index is 10.9. The van der Waals surface area contributed by atoms with Crippen molar-refractivity contribution in [2.45, 2.75) is 13.5 Å². The van der Waals surface area contributed by atoms with Crippen molar-refractivity contribution in [3.05, 3.63) is 104 Å². The fourth-order valence-corrected chi connectivity index (χ4v) is 4.70. The lowest BCUT2D eigenvalue weighted by Crippen LogP contribution is -2.02. The second-order valence-corrected chi connectivity index (χ2v) is 9.45. The minimum absolute atomic E-state index is 0.0145. The molecular formula is C29H20IN3O7. The van der Waals surface area contributed by atoms with Crippen molar-refractivity contribution in [3.63, 3.8) is 0 Å². The third-order valence-corrected chi connectivity index (χ3v) is 6.51. The van der Waals surface area contributed by atoms with Gasteiger partial charge in [0.1, 0.15) is 24.0 Å². The molecule has 5 aromatic rings. The van der Waals surface area contributed by atoms with Gasteiger partial charge in [-0.3, -0.25) is 10.1 Å². The number of ether oxygens (including phenoxy) is 2. The van der Waals surface area contributed by atoms with E-state index in [1.165, 1.54) is 24.7 Å². The van der Waals surface area contributed by atoms with Crippen LogP contribution in [0.1, 0.15) is 23.6 Å². The van der Waals surface area contributed by atoms with E-state index < -0.39 is 4.92 Å². The Kier molecular flexibility index (Phi) is 7.97. The SMILES string of the molecule is CCOc1cc(C=Nc2oc(-c3ccco3)c(-c3ccco3)c2C#N)cc(I)c1OCc1ccc([N+](=O)[O-])cc1. The zero-order chi connectivity index (χ0) is 28.1. The lowest BCUT2D eigenvalue weighted by Gasteiger charge is -2.14. The molecule has 0 radical (unpaired) electrons. The fourth-order valence-electron chi connectivity index (χ4n) is 3.92. The third kappa shape index (κ3) is 5.62. The molecule has 0 aliphatic rings. The number of rotatable bonds is 10. The standard InChI is InChI=1S/C29H20IN3O7/c1-2-36-25-14-19(13-22(30)27(25)39-17-18-7-9-20(10-8-18)33(34)35)16-32-29-21(15-31)26(23-5-3-11-37-23)28(40-29)24-6-4-12-38-24/h3-14,16H,2,17H2,1H3. The molecule has 0 bridgehead atoms. The van der Waals surface area contributed by atoms with E-state index in [9.17, 15) is 15.4 Å². The molecular weight excluding hydrogens is 629 g/mol. The zero-order valence-corrected chi connectivity index (χ0v) is 23.2. The van der Waals surface area contributed by atoms with Crippen LogP contribution >= 0.6 is 22.6 Å². The highest BCUT2D eigenvalue weighted by molar-refractivity contribution is 14.1. The zero-order valence-electron chi connectivity index (χ0n) is 21.0. The van der Waals surface area contributed by atoms with Crippen LogP contribution in [0.25, 0.3) is 22.8 Å². The summed E-state index contributed by atoms with van der Waals surface area (Å²) in [6, 6.07) is 18.9. The van der Waals surface area contributed by atoms with Crippen LogP contribution in [0, 0.1) is 25.0 Å². The molecule has 0 aliphatic heterocycles. The first-order valence-corrected chi connectivity index (χ1v) is 13.1. The van der Waals surface area contributed by atoms with Crippen LogP contribution in [-0.4, -0.2) is 17.7 Å². The predicted octanol–water partition coefficient (Wildman–Crippen LogP) is 7.91. The van der Waals surface area contributed by atoms with E-state index in [-0.39, 0.29) is 23.7 Å². The molecule has 0 aliphatic carbocycles. The fraction of sp³-hybridized carbons (Fsp3) is 0.103. The number of nitro benzene ring substituents is 1. The highest BCUT2D eigenvalue weighted by atomic mass is 127. The first-order valence-electron chi connectivity index (χ1n) is 12.0. The van der Waals surface area contributed by atoms with Crippen LogP contribution < -0.4 is 9.47 Å². The lowest BCUT2D eigenvalue weighted by molar-refractivity contribution is -0.384. The molecule has 200 valence electrons. The first kappa shape index (κ1) is 26.8. The molecule has 0 spiro atoms. The van der Waals surface area contributed by atoms with Crippen molar-refractivity contribution in [1.82, 2.24) is 0 Å². The van der Waals surface area contributed by atoms with Gasteiger partial charge in [-0.15, -0.1) is 0 Å². The summed E-state index contributed by atoms with van der Waals surface area (Å²) in [7, 11) is 0. The molecule has 5 rings (SSSR count). The second-order valence-electron chi connectivity index (χ2n) is 8.29. The van der Waals surface area contributed by atoms with Crippen molar-refractivity contribution in [2.75, 3.05) is 6.61 Å². The number of non-ortho nitro benzene ring substituents is 1. The van der Waals surface area contributed by atoms with Gasteiger partial charge in [0.2, 0.25) is 5.88 Å². The van der Waals surface area contributed by atoms with E-state index in [4.69, 9.17) is 22.7 Å². The Morgan fingerprint density at radius 3 is 2.42 bits per heavy atom. The number of nitrogens with zero attached hydrogens (tertiary/aromatic N) is 3. The summed E-state index contributed by atoms with van der Waals surface area (Å²) >= 11 is 2.14. The van der Waals surface area contributed by atoms with Gasteiger partial charge in [0, 0.05) is 18.3 Å². The second kappa shape index (κ2) is 11.9. The van der Waals surface area contributed by atoms with Gasteiger partial charge < -0.3 is 22.7 Å². The van der Waals surface area contributed by atoms with Crippen molar-refractivity contribution < 1.29 is 27.6 Å². The molecule has 11 heteroatoms. The van der Waals surface area contributed by atoms with Gasteiger partial charge in [-0.1, -0.05) is 0 Å². The third-order valence-electron chi connectivity index (χ3n) is 5.71. The summed E-state index contributed by atoms with van der Waals surface area (Å²) < 4.78 is 29.7. The molecule has 0 N–H and O–H groups in total. The minimum Gasteiger partial charge on any atom is -0.490 e. The summed E-state index contributed by atoms with van der Waals surface area (Å²) in [6.45, 7) is 2.47. The van der Waals surface area contributed by atoms with E-state index in [1.54, 1.807) is 48.7 Å². The molecule has 0 saturated carbocycles. The number of hydrogen-bond donors (Lipinski definition) is 0. The average molecular weight is 649 g/mol. The molecule has 3 aromatic heterocycles. The largest absolute Gasteiger partial charge is 0.490 e. The van der Waals surface area contributed by atoms with Gasteiger partial charge >= 0.3 is 0 Å². The van der Waals surface area contributed by atoms with Crippen molar-refractivity contribution >= 4 is 40.4 Å². The average Bonchev–Trinajstić information content (AvgIpc) is 3.72. The number of halogens is 1. The van der Waals surface area contributed by atoms with E-state index >= 15 is 0 Å². The molecule has 3 heterocycles. The Hall–Kier alpha value is -4.83. The molecule has 0 unspecified atom stereocenters. The van der Waals surface area contributed by atoms with Gasteiger partial charge in [0.25, 0.3) is 5.69 Å². The molecule has 0 fully saturated rings. The summed E-state index contributed by atoms with van der Waals surface area (Å²) in [5.74, 6) is 2.37. The number of hydrogen-bond acceptors (Lipinski definition) is 9. The Morgan fingerprint density at radius 2 is 1.80 bits per heavy atom. The maximum atomic E-state index is 10.9. The van der Waals surface area contributed by atoms with Crippen LogP contribution in [0.2, 0.25) is 0 Å². The van der Waals surface area contributed by atoms with Crippen LogP contribution in [-0.2, 0) is 6.61 Å². The summed E-state index contributed by atoms with van der Waals surface area (Å²) in [6.07, 6.45) is 4.60. The maximum Gasteiger partial charge on any atom is 0.269 e. The van der Waals surface area contributed by atoms with Crippen LogP contribution in [0.15, 0.2) is 91.4 Å². The summed E-state index contributed by atoms with van der Waals surface area (Å²) in [5, 5.41) is 20.9. The number of aliphatic imine (C=N–C) groups is 1. The Morgan fingerprint density at radius 1 is 1.07 bits per heavy atom. The highest BCUT2D eigenvalue weighted by Gasteiger charge is 2.26. The number of benzene rings is 2. The molecule has 40 heavy (non-hydrogen) atoms. The molecule has 0 saturated heterocycles. The smallest absolute Gasteiger partial charge is 0.269 e. The number of nitriles is 1. The molecule has 0 atom stereocenters. The van der Waals surface area contributed by atoms with E-state index in [1.807, 2.05) is 13.0 Å². The Bertz CT molecular complexity index is 1700. The predicted molar refractivity (Wildman–Crippen MR) is 154 cm³/mol. The quantitative estimate of drug-likeness (QED) is 0.0644. The molecule has 0 amide bonds. The molecule has 2 aromatic carbocycles. The van der Waals surface area contributed by atoms with Gasteiger partial charge in [0.15, 0.2) is 23.0 Å². The van der Waals surface area contributed by atoms with Gasteiger partial charge in [0.05, 0.1) is 33.2 Å². The van der Waals surface area contributed by atoms with Crippen molar-refractivity contribution in [3.8, 4) is 40.4 Å². The molecule has 10 nitrogen and oxygen atoms in total. The van der Waals surface area contributed by atoms with Gasteiger partial charge in [-0.05, 0) is 89.2 Å². The van der Waals surface area contributed by atoms with Gasteiger partial charge in [-0.25, -0.2) is 4.99 Å².